The van der Waals surface area contributed by atoms with E-state index in [9.17, 15) is 10.1 Å². The molecule has 13 heavy (non-hydrogen) atoms. The first-order valence-electron chi connectivity index (χ1n) is 3.67. The standard InChI is InChI=1S/C8H5ClN2O2/c9-6-4-7-5(1-2-10-7)3-8(6)11(12)13/h1,3-4H,2H2. The fourth-order valence-corrected chi connectivity index (χ4v) is 1.48. The van der Waals surface area contributed by atoms with Gasteiger partial charge < -0.3 is 0 Å². The van der Waals surface area contributed by atoms with E-state index in [1.54, 1.807) is 0 Å². The van der Waals surface area contributed by atoms with Crippen LogP contribution >= 0.6 is 11.6 Å². The topological polar surface area (TPSA) is 55.5 Å². The maximum atomic E-state index is 10.5. The van der Waals surface area contributed by atoms with Crippen molar-refractivity contribution in [2.45, 2.75) is 0 Å². The van der Waals surface area contributed by atoms with Gasteiger partial charge in [0, 0.05) is 11.3 Å². The Morgan fingerprint density at radius 3 is 3.00 bits per heavy atom. The minimum Gasteiger partial charge on any atom is -0.281 e. The summed E-state index contributed by atoms with van der Waals surface area (Å²) in [6, 6.07) is 2.98. The second kappa shape index (κ2) is 2.81. The third-order valence-corrected chi connectivity index (χ3v) is 2.17. The van der Waals surface area contributed by atoms with Crippen LogP contribution in [0.15, 0.2) is 17.1 Å². The first-order chi connectivity index (χ1) is 6.18. The zero-order chi connectivity index (χ0) is 9.42. The van der Waals surface area contributed by atoms with E-state index in [1.165, 1.54) is 12.1 Å². The Kier molecular flexibility index (Phi) is 1.77. The fraction of sp³-hybridized carbons (Fsp3) is 0.125. The lowest BCUT2D eigenvalue weighted by Crippen LogP contribution is -2.21. The van der Waals surface area contributed by atoms with Crippen LogP contribution < -0.4 is 10.6 Å². The molecule has 0 amide bonds. The van der Waals surface area contributed by atoms with Crippen molar-refractivity contribution in [1.82, 2.24) is 0 Å². The highest BCUT2D eigenvalue weighted by molar-refractivity contribution is 6.32. The van der Waals surface area contributed by atoms with Crippen LogP contribution in [-0.2, 0) is 0 Å². The van der Waals surface area contributed by atoms with Crippen molar-refractivity contribution in [2.75, 3.05) is 6.54 Å². The van der Waals surface area contributed by atoms with Crippen LogP contribution in [-0.4, -0.2) is 11.5 Å². The molecule has 1 aromatic rings. The van der Waals surface area contributed by atoms with Gasteiger partial charge in [-0.3, -0.25) is 15.1 Å². The molecule has 1 aliphatic heterocycles. The highest BCUT2D eigenvalue weighted by atomic mass is 35.5. The van der Waals surface area contributed by atoms with Gasteiger partial charge in [-0.2, -0.15) is 0 Å². The summed E-state index contributed by atoms with van der Waals surface area (Å²) in [4.78, 5) is 14.1. The summed E-state index contributed by atoms with van der Waals surface area (Å²) < 4.78 is 0. The Morgan fingerprint density at radius 2 is 2.31 bits per heavy atom. The van der Waals surface area contributed by atoms with Crippen molar-refractivity contribution in [3.05, 3.63) is 37.8 Å². The third kappa shape index (κ3) is 1.29. The van der Waals surface area contributed by atoms with Crippen molar-refractivity contribution >= 4 is 23.4 Å². The Morgan fingerprint density at radius 1 is 1.54 bits per heavy atom. The predicted octanol–water partition coefficient (Wildman–Crippen LogP) is 0.662. The zero-order valence-electron chi connectivity index (χ0n) is 6.53. The van der Waals surface area contributed by atoms with E-state index in [0.717, 1.165) is 10.6 Å². The number of benzene rings is 1. The molecule has 2 rings (SSSR count). The van der Waals surface area contributed by atoms with Crippen molar-refractivity contribution in [3.63, 3.8) is 0 Å². The summed E-state index contributed by atoms with van der Waals surface area (Å²) in [6.07, 6.45) is 1.83. The Balaban J connectivity index is 2.78. The van der Waals surface area contributed by atoms with Crippen molar-refractivity contribution < 1.29 is 4.92 Å². The predicted molar refractivity (Wildman–Crippen MR) is 48.2 cm³/mol. The third-order valence-electron chi connectivity index (χ3n) is 1.87. The van der Waals surface area contributed by atoms with Crippen LogP contribution in [0.25, 0.3) is 6.08 Å². The summed E-state index contributed by atoms with van der Waals surface area (Å²) >= 11 is 5.69. The molecule has 0 aromatic heterocycles. The van der Waals surface area contributed by atoms with Gasteiger partial charge in [0.05, 0.1) is 16.8 Å². The Labute approximate surface area is 78.3 Å². The fourth-order valence-electron chi connectivity index (χ4n) is 1.25. The zero-order valence-corrected chi connectivity index (χ0v) is 7.28. The van der Waals surface area contributed by atoms with Gasteiger partial charge in [-0.1, -0.05) is 17.7 Å². The van der Waals surface area contributed by atoms with Crippen LogP contribution in [0.4, 0.5) is 5.69 Å². The number of fused-ring (bicyclic) bond motifs is 1. The maximum absolute atomic E-state index is 10.5. The average Bonchev–Trinajstić information content (AvgIpc) is 2.48. The Hall–Kier alpha value is -1.42. The van der Waals surface area contributed by atoms with Crippen LogP contribution in [0.5, 0.6) is 0 Å². The molecule has 0 saturated carbocycles. The molecule has 1 aliphatic rings. The van der Waals surface area contributed by atoms with E-state index < -0.39 is 4.92 Å². The number of rotatable bonds is 1. The summed E-state index contributed by atoms with van der Waals surface area (Å²) in [7, 11) is 0. The van der Waals surface area contributed by atoms with Gasteiger partial charge in [-0.25, -0.2) is 0 Å². The number of halogens is 1. The minimum absolute atomic E-state index is 0.0613. The van der Waals surface area contributed by atoms with Gasteiger partial charge in [0.2, 0.25) is 0 Å². The van der Waals surface area contributed by atoms with Crippen molar-refractivity contribution in [1.29, 1.82) is 0 Å². The summed E-state index contributed by atoms with van der Waals surface area (Å²) in [5.41, 5.74) is -0.0613. The molecule has 0 N–H and O–H groups in total. The molecule has 0 atom stereocenters. The first-order valence-corrected chi connectivity index (χ1v) is 4.05. The van der Waals surface area contributed by atoms with E-state index >= 15 is 0 Å². The van der Waals surface area contributed by atoms with Gasteiger partial charge in [0.1, 0.15) is 5.02 Å². The monoisotopic (exact) mass is 196 g/mol. The molecular formula is C8H5ClN2O2. The SMILES string of the molecule is O=[N+]([O-])c1cc2c(cc1Cl)=NCC=2. The summed E-state index contributed by atoms with van der Waals surface area (Å²) in [5.74, 6) is 0. The molecule has 0 spiro atoms. The quantitative estimate of drug-likeness (QED) is 0.490. The molecule has 1 aromatic carbocycles. The molecule has 0 radical (unpaired) electrons. The molecule has 4 nitrogen and oxygen atoms in total. The molecule has 0 fully saturated rings. The molecule has 0 unspecified atom stereocenters. The van der Waals surface area contributed by atoms with E-state index in [1.807, 2.05) is 6.08 Å². The molecule has 1 heterocycles. The van der Waals surface area contributed by atoms with Crippen molar-refractivity contribution in [2.24, 2.45) is 4.99 Å². The minimum atomic E-state index is -0.491. The second-order valence-corrected chi connectivity index (χ2v) is 3.07. The van der Waals surface area contributed by atoms with E-state index in [2.05, 4.69) is 4.99 Å². The number of nitrogens with zero attached hydrogens (tertiary/aromatic N) is 2. The molecule has 5 heteroatoms. The molecule has 0 bridgehead atoms. The molecule has 0 aliphatic carbocycles. The normalized spacial score (nSPS) is 13.0. The Bertz CT molecular complexity index is 496. The van der Waals surface area contributed by atoms with Gasteiger partial charge in [0.15, 0.2) is 0 Å². The van der Waals surface area contributed by atoms with Gasteiger partial charge >= 0.3 is 0 Å². The smallest absolute Gasteiger partial charge is 0.281 e. The lowest BCUT2D eigenvalue weighted by atomic mass is 10.2. The number of hydrogen-bond acceptors (Lipinski definition) is 3. The molecule has 0 saturated heterocycles. The van der Waals surface area contributed by atoms with E-state index in [0.29, 0.717) is 6.54 Å². The molecular weight excluding hydrogens is 192 g/mol. The van der Waals surface area contributed by atoms with Crippen LogP contribution in [0.2, 0.25) is 5.02 Å². The van der Waals surface area contributed by atoms with E-state index in [4.69, 9.17) is 11.6 Å². The first kappa shape index (κ1) is 8.19. The maximum Gasteiger partial charge on any atom is 0.288 e. The van der Waals surface area contributed by atoms with Crippen LogP contribution in [0.3, 0.4) is 0 Å². The lowest BCUT2D eigenvalue weighted by Gasteiger charge is -1.92. The van der Waals surface area contributed by atoms with Crippen molar-refractivity contribution in [3.8, 4) is 0 Å². The van der Waals surface area contributed by atoms with Crippen LogP contribution in [0.1, 0.15) is 0 Å². The summed E-state index contributed by atoms with van der Waals surface area (Å²) in [6.45, 7) is 0.576. The number of nitro benzene ring substituents is 1. The average molecular weight is 197 g/mol. The number of hydrogen-bond donors (Lipinski definition) is 0. The molecule has 66 valence electrons. The van der Waals surface area contributed by atoms with Crippen LogP contribution in [0, 0.1) is 10.1 Å². The van der Waals surface area contributed by atoms with Gasteiger partial charge in [-0.15, -0.1) is 0 Å². The summed E-state index contributed by atoms with van der Waals surface area (Å²) in [5, 5.41) is 12.2. The van der Waals surface area contributed by atoms with E-state index in [-0.39, 0.29) is 10.7 Å². The highest BCUT2D eigenvalue weighted by Crippen LogP contribution is 2.19. The lowest BCUT2D eigenvalue weighted by molar-refractivity contribution is -0.384. The highest BCUT2D eigenvalue weighted by Gasteiger charge is 2.12. The largest absolute Gasteiger partial charge is 0.288 e. The number of nitro groups is 1. The van der Waals surface area contributed by atoms with Gasteiger partial charge in [0.25, 0.3) is 5.69 Å². The van der Waals surface area contributed by atoms with Gasteiger partial charge in [-0.05, 0) is 6.07 Å². The second-order valence-electron chi connectivity index (χ2n) is 2.66.